The van der Waals surface area contributed by atoms with Gasteiger partial charge in [-0.1, -0.05) is 66.2 Å². The number of fused-ring (bicyclic) bond motifs is 1. The summed E-state index contributed by atoms with van der Waals surface area (Å²) in [6, 6.07) is 23.7. The number of piperidine rings is 1. The maximum atomic E-state index is 13.9. The molecule has 3 aromatic carbocycles. The van der Waals surface area contributed by atoms with Gasteiger partial charge in [-0.25, -0.2) is 0 Å². The largest absolute Gasteiger partial charge is 0.360 e. The number of carbonyl (C=O) groups is 2. The zero-order valence-corrected chi connectivity index (χ0v) is 21.8. The van der Waals surface area contributed by atoms with Crippen molar-refractivity contribution in [3.05, 3.63) is 106 Å². The fourth-order valence-corrected chi connectivity index (χ4v) is 5.43. The summed E-state index contributed by atoms with van der Waals surface area (Å²) in [5.41, 5.74) is 5.05. The molecular weight excluding hydrogens is 482 g/mol. The van der Waals surface area contributed by atoms with Crippen LogP contribution in [0.5, 0.6) is 0 Å². The van der Waals surface area contributed by atoms with Crippen LogP contribution in [0.4, 0.5) is 0 Å². The maximum absolute atomic E-state index is 13.9. The van der Waals surface area contributed by atoms with E-state index in [0.29, 0.717) is 18.0 Å². The zero-order valence-electron chi connectivity index (χ0n) is 21.0. The standard InChI is InChI=1S/C31H32ClN3O2/c1-21(36)35-17-14-23(15-18-35)25-9-12-27-28(20-34-29(27)19-25)31(37)30(24-5-3-2-4-6-24)33-16-13-22-7-10-26(32)11-8-22/h2-12,19-20,23,30,33-34H,13-18H2,1H3/t30-/m0/s1. The second kappa shape index (κ2) is 11.3. The molecule has 2 heterocycles. The lowest BCUT2D eigenvalue weighted by molar-refractivity contribution is -0.129. The van der Waals surface area contributed by atoms with E-state index < -0.39 is 6.04 Å². The van der Waals surface area contributed by atoms with Crippen LogP contribution in [0.1, 0.15) is 58.8 Å². The van der Waals surface area contributed by atoms with E-state index in [9.17, 15) is 9.59 Å². The number of ketones is 1. The van der Waals surface area contributed by atoms with E-state index in [1.165, 1.54) is 11.1 Å². The van der Waals surface area contributed by atoms with Gasteiger partial charge in [0.15, 0.2) is 5.78 Å². The number of amides is 1. The highest BCUT2D eigenvalue weighted by atomic mass is 35.5. The Hall–Kier alpha value is -3.41. The van der Waals surface area contributed by atoms with Crippen molar-refractivity contribution in [2.75, 3.05) is 19.6 Å². The Morgan fingerprint density at radius 2 is 1.76 bits per heavy atom. The Kier molecular flexibility index (Phi) is 7.73. The molecule has 1 aliphatic heterocycles. The first kappa shape index (κ1) is 25.2. The summed E-state index contributed by atoms with van der Waals surface area (Å²) in [5, 5.41) is 5.16. The van der Waals surface area contributed by atoms with Crippen LogP contribution in [0.3, 0.4) is 0 Å². The number of likely N-dealkylation sites (tertiary alicyclic amines) is 1. The van der Waals surface area contributed by atoms with E-state index in [4.69, 9.17) is 11.6 Å². The molecule has 0 saturated carbocycles. The first-order chi connectivity index (χ1) is 18.0. The predicted octanol–water partition coefficient (Wildman–Crippen LogP) is 6.30. The van der Waals surface area contributed by atoms with E-state index in [1.807, 2.05) is 65.7 Å². The zero-order chi connectivity index (χ0) is 25.8. The summed E-state index contributed by atoms with van der Waals surface area (Å²) >= 11 is 6.02. The number of Topliss-reactive ketones (excluding diaryl/α,β-unsaturated/α-hetero) is 1. The van der Waals surface area contributed by atoms with E-state index >= 15 is 0 Å². The van der Waals surface area contributed by atoms with Crippen LogP contribution in [-0.2, 0) is 11.2 Å². The van der Waals surface area contributed by atoms with Gasteiger partial charge in [-0.3, -0.25) is 9.59 Å². The highest BCUT2D eigenvalue weighted by Gasteiger charge is 2.26. The van der Waals surface area contributed by atoms with Crippen LogP contribution in [-0.4, -0.2) is 41.2 Å². The highest BCUT2D eigenvalue weighted by Crippen LogP contribution is 2.32. The number of hydrogen-bond acceptors (Lipinski definition) is 3. The molecule has 1 amide bonds. The lowest BCUT2D eigenvalue weighted by atomic mass is 9.88. The second-order valence-electron chi connectivity index (χ2n) is 9.83. The molecule has 1 fully saturated rings. The summed E-state index contributed by atoms with van der Waals surface area (Å²) in [6.07, 6.45) is 4.57. The Morgan fingerprint density at radius 1 is 1.03 bits per heavy atom. The molecule has 6 heteroatoms. The SMILES string of the molecule is CC(=O)N1CCC(c2ccc3c(C(=O)[C@@H](NCCc4ccc(Cl)cc4)c4ccccc4)c[nH]c3c2)CC1. The van der Waals surface area contributed by atoms with Crippen molar-refractivity contribution in [3.63, 3.8) is 0 Å². The van der Waals surface area contributed by atoms with Crippen LogP contribution < -0.4 is 5.32 Å². The van der Waals surface area contributed by atoms with Gasteiger partial charge in [0.05, 0.1) is 6.04 Å². The number of benzene rings is 3. The molecule has 0 bridgehead atoms. The van der Waals surface area contributed by atoms with Crippen molar-refractivity contribution in [1.82, 2.24) is 15.2 Å². The van der Waals surface area contributed by atoms with Gasteiger partial charge in [0.2, 0.25) is 5.91 Å². The van der Waals surface area contributed by atoms with Gasteiger partial charge in [-0.05, 0) is 60.1 Å². The first-order valence-electron chi connectivity index (χ1n) is 12.9. The monoisotopic (exact) mass is 513 g/mol. The molecule has 4 aromatic rings. The van der Waals surface area contributed by atoms with Crippen LogP contribution in [0.2, 0.25) is 5.02 Å². The molecule has 1 aromatic heterocycles. The van der Waals surface area contributed by atoms with Gasteiger partial charge in [0.25, 0.3) is 0 Å². The van der Waals surface area contributed by atoms with Crippen molar-refractivity contribution in [1.29, 1.82) is 0 Å². The minimum Gasteiger partial charge on any atom is -0.360 e. The molecule has 190 valence electrons. The Morgan fingerprint density at radius 3 is 2.46 bits per heavy atom. The number of aromatic nitrogens is 1. The highest BCUT2D eigenvalue weighted by molar-refractivity contribution is 6.30. The normalized spacial score (nSPS) is 15.1. The Bertz CT molecular complexity index is 1370. The van der Waals surface area contributed by atoms with Crippen LogP contribution in [0.15, 0.2) is 79.0 Å². The number of halogens is 1. The van der Waals surface area contributed by atoms with E-state index in [2.05, 4.69) is 28.5 Å². The quantitative estimate of drug-likeness (QED) is 0.271. The van der Waals surface area contributed by atoms with Crippen molar-refractivity contribution in [2.24, 2.45) is 0 Å². The Labute approximate surface area is 222 Å². The summed E-state index contributed by atoms with van der Waals surface area (Å²) in [7, 11) is 0. The van der Waals surface area contributed by atoms with Gasteiger partial charge in [0.1, 0.15) is 0 Å². The Balaban J connectivity index is 1.34. The predicted molar refractivity (Wildman–Crippen MR) is 149 cm³/mol. The molecule has 0 aliphatic carbocycles. The summed E-state index contributed by atoms with van der Waals surface area (Å²) in [5.74, 6) is 0.626. The third-order valence-corrected chi connectivity index (χ3v) is 7.71. The number of aromatic amines is 1. The molecule has 1 aliphatic rings. The van der Waals surface area contributed by atoms with Gasteiger partial charge < -0.3 is 15.2 Å². The molecule has 1 atom stereocenters. The van der Waals surface area contributed by atoms with Crippen molar-refractivity contribution < 1.29 is 9.59 Å². The van der Waals surface area contributed by atoms with Crippen molar-refractivity contribution in [2.45, 2.75) is 38.1 Å². The van der Waals surface area contributed by atoms with Gasteiger partial charge in [-0.15, -0.1) is 0 Å². The fourth-order valence-electron chi connectivity index (χ4n) is 5.30. The number of nitrogens with one attached hydrogen (secondary N) is 2. The van der Waals surface area contributed by atoms with Gasteiger partial charge in [-0.2, -0.15) is 0 Å². The van der Waals surface area contributed by atoms with E-state index in [0.717, 1.165) is 53.8 Å². The number of hydrogen-bond donors (Lipinski definition) is 2. The molecule has 5 rings (SSSR count). The van der Waals surface area contributed by atoms with Crippen LogP contribution >= 0.6 is 11.6 Å². The maximum Gasteiger partial charge on any atom is 0.219 e. The van der Waals surface area contributed by atoms with Crippen LogP contribution in [0, 0.1) is 0 Å². The average molecular weight is 514 g/mol. The first-order valence-corrected chi connectivity index (χ1v) is 13.3. The number of nitrogens with zero attached hydrogens (tertiary/aromatic N) is 1. The lowest BCUT2D eigenvalue weighted by Gasteiger charge is -2.31. The molecule has 1 saturated heterocycles. The summed E-state index contributed by atoms with van der Waals surface area (Å²) in [6.45, 7) is 3.90. The second-order valence-corrected chi connectivity index (χ2v) is 10.3. The average Bonchev–Trinajstić information content (AvgIpc) is 3.36. The number of H-pyrrole nitrogens is 1. The molecule has 2 N–H and O–H groups in total. The molecule has 0 unspecified atom stereocenters. The van der Waals surface area contributed by atoms with Crippen molar-refractivity contribution in [3.8, 4) is 0 Å². The topological polar surface area (TPSA) is 65.2 Å². The van der Waals surface area contributed by atoms with Gasteiger partial charge >= 0.3 is 0 Å². The number of carbonyl (C=O) groups excluding carboxylic acids is 2. The van der Waals surface area contributed by atoms with Crippen molar-refractivity contribution >= 4 is 34.2 Å². The molecule has 5 nitrogen and oxygen atoms in total. The van der Waals surface area contributed by atoms with E-state index in [-0.39, 0.29) is 11.7 Å². The third-order valence-electron chi connectivity index (χ3n) is 7.45. The lowest BCUT2D eigenvalue weighted by Crippen LogP contribution is -2.36. The summed E-state index contributed by atoms with van der Waals surface area (Å²) in [4.78, 5) is 30.8. The molecule has 0 radical (unpaired) electrons. The third kappa shape index (κ3) is 5.79. The van der Waals surface area contributed by atoms with E-state index in [1.54, 1.807) is 6.92 Å². The molecular formula is C31H32ClN3O2. The minimum absolute atomic E-state index is 0.0519. The molecule has 0 spiro atoms. The summed E-state index contributed by atoms with van der Waals surface area (Å²) < 4.78 is 0. The molecule has 37 heavy (non-hydrogen) atoms. The fraction of sp³-hybridized carbons (Fsp3) is 0.290. The van der Waals surface area contributed by atoms with Crippen LogP contribution in [0.25, 0.3) is 10.9 Å². The number of rotatable bonds is 8. The smallest absolute Gasteiger partial charge is 0.219 e. The van der Waals surface area contributed by atoms with Gasteiger partial charge in [0, 0.05) is 54.2 Å². The minimum atomic E-state index is -0.442.